The van der Waals surface area contributed by atoms with E-state index in [1.807, 2.05) is 0 Å². The molecule has 0 N–H and O–H groups in total. The van der Waals surface area contributed by atoms with Crippen molar-refractivity contribution in [3.63, 3.8) is 0 Å². The van der Waals surface area contributed by atoms with Crippen LogP contribution in [-0.4, -0.2) is 30.2 Å². The average molecular weight is 368 g/mol. The smallest absolute Gasteiger partial charge is 0.438 e. The van der Waals surface area contributed by atoms with Gasteiger partial charge in [-0.25, -0.2) is 14.8 Å². The zero-order chi connectivity index (χ0) is 19.2. The normalized spacial score (nSPS) is 11.8. The maximum absolute atomic E-state index is 13.0. The first kappa shape index (κ1) is 19.2. The Kier molecular flexibility index (Phi) is 6.16. The summed E-state index contributed by atoms with van der Waals surface area (Å²) in [6, 6.07) is 6.52. The Morgan fingerprint density at radius 1 is 1.15 bits per heavy atom. The number of rotatable bonds is 6. The van der Waals surface area contributed by atoms with Crippen molar-refractivity contribution in [3.05, 3.63) is 59.7 Å². The molecule has 0 aliphatic carbocycles. The predicted molar refractivity (Wildman–Crippen MR) is 84.8 cm³/mol. The number of ether oxygens (including phenoxy) is 3. The molecule has 0 saturated heterocycles. The van der Waals surface area contributed by atoms with Crippen LogP contribution < -0.4 is 4.74 Å². The number of carbonyl (C=O) groups excluding carboxylic acids is 1. The van der Waals surface area contributed by atoms with E-state index in [4.69, 9.17) is 14.2 Å². The first-order valence-corrected chi connectivity index (χ1v) is 7.29. The first-order valence-electron chi connectivity index (χ1n) is 7.29. The lowest BCUT2D eigenvalue weighted by Gasteiger charge is -2.14. The highest BCUT2D eigenvalue weighted by Crippen LogP contribution is 2.33. The van der Waals surface area contributed by atoms with Gasteiger partial charge in [0, 0.05) is 12.4 Å². The standard InChI is InChI=1S/C17H15F3N2O4/c1-24-10-13(16(23)25-2)12-6-4-3-5-11(12)9-26-15-14(17(18,19)20)21-7-8-22-15/h3-8,10H,9H2,1-2H3/b13-10+. The van der Waals surface area contributed by atoms with Gasteiger partial charge >= 0.3 is 12.1 Å². The summed E-state index contributed by atoms with van der Waals surface area (Å²) >= 11 is 0. The number of nitrogens with zero attached hydrogens (tertiary/aromatic N) is 2. The van der Waals surface area contributed by atoms with E-state index in [0.717, 1.165) is 12.4 Å². The molecule has 0 aliphatic rings. The van der Waals surface area contributed by atoms with Gasteiger partial charge in [0.25, 0.3) is 0 Å². The molecule has 0 saturated carbocycles. The average Bonchev–Trinajstić information content (AvgIpc) is 2.63. The summed E-state index contributed by atoms with van der Waals surface area (Å²) in [5, 5.41) is 0. The second-order valence-electron chi connectivity index (χ2n) is 4.91. The van der Waals surface area contributed by atoms with Gasteiger partial charge in [0.2, 0.25) is 11.6 Å². The third-order valence-electron chi connectivity index (χ3n) is 3.25. The topological polar surface area (TPSA) is 70.5 Å². The fourth-order valence-corrected chi connectivity index (χ4v) is 2.13. The number of hydrogen-bond donors (Lipinski definition) is 0. The lowest BCUT2D eigenvalue weighted by atomic mass is 10.0. The Morgan fingerprint density at radius 2 is 1.85 bits per heavy atom. The van der Waals surface area contributed by atoms with Crippen LogP contribution in [0.1, 0.15) is 16.8 Å². The largest absolute Gasteiger partial charge is 0.503 e. The van der Waals surface area contributed by atoms with Crippen molar-refractivity contribution in [1.29, 1.82) is 0 Å². The molecule has 0 bridgehead atoms. The van der Waals surface area contributed by atoms with Gasteiger partial charge < -0.3 is 14.2 Å². The molecule has 26 heavy (non-hydrogen) atoms. The highest BCUT2D eigenvalue weighted by Gasteiger charge is 2.37. The van der Waals surface area contributed by atoms with Gasteiger partial charge in [0.15, 0.2) is 0 Å². The molecule has 9 heteroatoms. The maximum Gasteiger partial charge on any atom is 0.438 e. The van der Waals surface area contributed by atoms with E-state index in [9.17, 15) is 18.0 Å². The Labute approximate surface area is 147 Å². The first-order chi connectivity index (χ1) is 12.4. The zero-order valence-corrected chi connectivity index (χ0v) is 13.9. The number of hydrogen-bond acceptors (Lipinski definition) is 6. The molecular formula is C17H15F3N2O4. The van der Waals surface area contributed by atoms with Crippen molar-refractivity contribution in [1.82, 2.24) is 9.97 Å². The van der Waals surface area contributed by atoms with E-state index in [1.165, 1.54) is 20.5 Å². The van der Waals surface area contributed by atoms with Gasteiger partial charge in [0.1, 0.15) is 12.2 Å². The second kappa shape index (κ2) is 8.32. The molecule has 0 fully saturated rings. The molecule has 0 aliphatic heterocycles. The van der Waals surface area contributed by atoms with E-state index in [-0.39, 0.29) is 12.2 Å². The van der Waals surface area contributed by atoms with E-state index in [2.05, 4.69) is 9.97 Å². The molecule has 0 spiro atoms. The molecule has 0 radical (unpaired) electrons. The zero-order valence-electron chi connectivity index (χ0n) is 13.9. The molecule has 0 atom stereocenters. The van der Waals surface area contributed by atoms with Crippen LogP contribution in [0.25, 0.3) is 5.57 Å². The van der Waals surface area contributed by atoms with Gasteiger partial charge in [-0.1, -0.05) is 24.3 Å². The summed E-state index contributed by atoms with van der Waals surface area (Å²) < 4.78 is 53.7. The molecule has 1 heterocycles. The molecule has 1 aromatic carbocycles. The van der Waals surface area contributed by atoms with Crippen molar-refractivity contribution in [2.24, 2.45) is 0 Å². The van der Waals surface area contributed by atoms with Crippen LogP contribution in [0.4, 0.5) is 13.2 Å². The summed E-state index contributed by atoms with van der Waals surface area (Å²) in [7, 11) is 2.57. The van der Waals surface area contributed by atoms with Gasteiger partial charge in [0.05, 0.1) is 20.5 Å². The fourth-order valence-electron chi connectivity index (χ4n) is 2.13. The minimum absolute atomic E-state index is 0.101. The minimum Gasteiger partial charge on any atom is -0.503 e. The Balaban J connectivity index is 2.33. The third-order valence-corrected chi connectivity index (χ3v) is 3.25. The van der Waals surface area contributed by atoms with E-state index >= 15 is 0 Å². The Hall–Kier alpha value is -3.10. The third kappa shape index (κ3) is 4.50. The summed E-state index contributed by atoms with van der Waals surface area (Å²) in [4.78, 5) is 18.8. The van der Waals surface area contributed by atoms with Crippen LogP contribution in [-0.2, 0) is 27.1 Å². The minimum atomic E-state index is -4.70. The molecule has 6 nitrogen and oxygen atoms in total. The molecule has 138 valence electrons. The number of halogens is 3. The van der Waals surface area contributed by atoms with Gasteiger partial charge in [-0.3, -0.25) is 0 Å². The monoisotopic (exact) mass is 368 g/mol. The van der Waals surface area contributed by atoms with Crippen LogP contribution in [0.2, 0.25) is 0 Å². The molecule has 2 aromatic rings. The van der Waals surface area contributed by atoms with Crippen molar-refractivity contribution in [3.8, 4) is 5.88 Å². The molecule has 0 amide bonds. The van der Waals surface area contributed by atoms with E-state index < -0.39 is 23.7 Å². The van der Waals surface area contributed by atoms with Crippen molar-refractivity contribution < 1.29 is 32.2 Å². The second-order valence-corrected chi connectivity index (χ2v) is 4.91. The lowest BCUT2D eigenvalue weighted by Crippen LogP contribution is -2.13. The number of carbonyl (C=O) groups is 1. The van der Waals surface area contributed by atoms with Gasteiger partial charge in [-0.05, 0) is 11.1 Å². The van der Waals surface area contributed by atoms with Crippen LogP contribution >= 0.6 is 0 Å². The van der Waals surface area contributed by atoms with Crippen molar-refractivity contribution in [2.75, 3.05) is 14.2 Å². The number of methoxy groups -OCH3 is 2. The highest BCUT2D eigenvalue weighted by molar-refractivity contribution is 6.16. The summed E-state index contributed by atoms with van der Waals surface area (Å²) in [5.74, 6) is -1.31. The van der Waals surface area contributed by atoms with Gasteiger partial charge in [-0.15, -0.1) is 0 Å². The quantitative estimate of drug-likeness (QED) is 0.443. The van der Waals surface area contributed by atoms with E-state index in [1.54, 1.807) is 24.3 Å². The summed E-state index contributed by atoms with van der Waals surface area (Å²) in [5.41, 5.74) is -0.277. The summed E-state index contributed by atoms with van der Waals surface area (Å²) in [6.45, 7) is -0.268. The highest BCUT2D eigenvalue weighted by atomic mass is 19.4. The molecule has 1 aromatic heterocycles. The van der Waals surface area contributed by atoms with Crippen LogP contribution in [0, 0.1) is 0 Å². The number of esters is 1. The van der Waals surface area contributed by atoms with Crippen molar-refractivity contribution >= 4 is 11.5 Å². The maximum atomic E-state index is 13.0. The number of alkyl halides is 3. The number of aromatic nitrogens is 2. The van der Waals surface area contributed by atoms with Crippen LogP contribution in [0.3, 0.4) is 0 Å². The fraction of sp³-hybridized carbons (Fsp3) is 0.235. The van der Waals surface area contributed by atoms with Crippen LogP contribution in [0.15, 0.2) is 42.9 Å². The predicted octanol–water partition coefficient (Wildman–Crippen LogP) is 3.23. The van der Waals surface area contributed by atoms with E-state index in [0.29, 0.717) is 11.1 Å². The van der Waals surface area contributed by atoms with Crippen molar-refractivity contribution in [2.45, 2.75) is 12.8 Å². The Morgan fingerprint density at radius 3 is 2.50 bits per heavy atom. The Bertz CT molecular complexity index is 807. The lowest BCUT2D eigenvalue weighted by molar-refractivity contribution is -0.143. The number of benzene rings is 1. The SMILES string of the molecule is CO/C=C(/C(=O)OC)c1ccccc1COc1nccnc1C(F)(F)F. The summed E-state index contributed by atoms with van der Waals surface area (Å²) in [6.07, 6.45) is -1.48. The molecule has 0 unspecified atom stereocenters. The van der Waals surface area contributed by atoms with Gasteiger partial charge in [-0.2, -0.15) is 13.2 Å². The molecular weight excluding hydrogens is 353 g/mol. The molecule has 2 rings (SSSR count). The van der Waals surface area contributed by atoms with Crippen LogP contribution in [0.5, 0.6) is 5.88 Å².